The number of aromatic nitrogens is 1. The van der Waals surface area contributed by atoms with Crippen LogP contribution in [0.3, 0.4) is 0 Å². The van der Waals surface area contributed by atoms with Crippen molar-refractivity contribution in [2.24, 2.45) is 5.16 Å². The number of pyridine rings is 1. The van der Waals surface area contributed by atoms with Crippen LogP contribution >= 0.6 is 27.5 Å². The van der Waals surface area contributed by atoms with Gasteiger partial charge in [0, 0.05) is 33.6 Å². The average Bonchev–Trinajstić information content (AvgIpc) is 2.70. The molecular formula is C22H20BrClN2O2. The van der Waals surface area contributed by atoms with Gasteiger partial charge in [-0.15, -0.1) is 0 Å². The lowest BCUT2D eigenvalue weighted by Gasteiger charge is -2.21. The Balaban J connectivity index is 2.04. The zero-order valence-corrected chi connectivity index (χ0v) is 17.7. The summed E-state index contributed by atoms with van der Waals surface area (Å²) in [5.74, 6) is -0.0259. The van der Waals surface area contributed by atoms with E-state index >= 15 is 0 Å². The van der Waals surface area contributed by atoms with Gasteiger partial charge in [0.25, 0.3) is 0 Å². The molecule has 144 valence electrons. The summed E-state index contributed by atoms with van der Waals surface area (Å²) < 4.78 is 1.00. The van der Waals surface area contributed by atoms with E-state index in [9.17, 15) is 10.3 Å². The van der Waals surface area contributed by atoms with Crippen LogP contribution < -0.4 is 0 Å². The molecule has 0 saturated carbocycles. The van der Waals surface area contributed by atoms with Crippen molar-refractivity contribution in [2.45, 2.75) is 25.9 Å². The fourth-order valence-corrected chi connectivity index (χ4v) is 3.78. The summed E-state index contributed by atoms with van der Waals surface area (Å²) in [7, 11) is 0. The maximum Gasteiger partial charge on any atom is 0.0878 e. The van der Waals surface area contributed by atoms with E-state index in [-0.39, 0.29) is 12.5 Å². The van der Waals surface area contributed by atoms with Crippen molar-refractivity contribution in [1.82, 2.24) is 4.98 Å². The van der Waals surface area contributed by atoms with Crippen LogP contribution in [0.4, 0.5) is 0 Å². The Kier molecular flexibility index (Phi) is 6.83. The molecule has 2 aromatic carbocycles. The van der Waals surface area contributed by atoms with Gasteiger partial charge in [0.1, 0.15) is 0 Å². The minimum absolute atomic E-state index is 0.0259. The Morgan fingerprint density at radius 1 is 1.14 bits per heavy atom. The summed E-state index contributed by atoms with van der Waals surface area (Å²) in [5.41, 5.74) is 5.08. The lowest BCUT2D eigenvalue weighted by atomic mass is 9.83. The van der Waals surface area contributed by atoms with Crippen molar-refractivity contribution in [3.05, 3.63) is 98.2 Å². The van der Waals surface area contributed by atoms with Crippen LogP contribution in [0.2, 0.25) is 5.02 Å². The van der Waals surface area contributed by atoms with Crippen molar-refractivity contribution >= 4 is 33.2 Å². The molecule has 0 unspecified atom stereocenters. The number of hydrogen-bond acceptors (Lipinski definition) is 4. The molecule has 28 heavy (non-hydrogen) atoms. The van der Waals surface area contributed by atoms with Gasteiger partial charge in [0.05, 0.1) is 18.0 Å². The SMILES string of the molecule is Cc1cc(Cl)ccc1[C@H](CC(=NO)c1ccnc(CO)c1)c1ccc(Br)cc1. The van der Waals surface area contributed by atoms with E-state index in [4.69, 9.17) is 11.6 Å². The first kappa shape index (κ1) is 20.5. The average molecular weight is 460 g/mol. The number of aliphatic hydroxyl groups is 1. The van der Waals surface area contributed by atoms with Crippen molar-refractivity contribution in [3.8, 4) is 0 Å². The molecule has 0 amide bonds. The molecule has 6 heteroatoms. The van der Waals surface area contributed by atoms with E-state index < -0.39 is 0 Å². The molecule has 0 bridgehead atoms. The van der Waals surface area contributed by atoms with Crippen molar-refractivity contribution in [1.29, 1.82) is 0 Å². The molecule has 1 heterocycles. The summed E-state index contributed by atoms with van der Waals surface area (Å²) in [4.78, 5) is 4.10. The number of aryl methyl sites for hydroxylation is 1. The topological polar surface area (TPSA) is 65.7 Å². The third-order valence-electron chi connectivity index (χ3n) is 4.71. The molecule has 3 rings (SSSR count). The number of aliphatic hydroxyl groups excluding tert-OH is 1. The van der Waals surface area contributed by atoms with Gasteiger partial charge >= 0.3 is 0 Å². The van der Waals surface area contributed by atoms with Gasteiger partial charge in [0.2, 0.25) is 0 Å². The van der Waals surface area contributed by atoms with E-state index in [2.05, 4.69) is 38.2 Å². The van der Waals surface area contributed by atoms with E-state index in [0.717, 1.165) is 26.7 Å². The monoisotopic (exact) mass is 458 g/mol. The van der Waals surface area contributed by atoms with Crippen LogP contribution in [0.15, 0.2) is 70.4 Å². The van der Waals surface area contributed by atoms with Gasteiger partial charge < -0.3 is 10.3 Å². The van der Waals surface area contributed by atoms with Crippen molar-refractivity contribution in [2.75, 3.05) is 0 Å². The zero-order chi connectivity index (χ0) is 20.1. The highest BCUT2D eigenvalue weighted by Crippen LogP contribution is 2.33. The second-order valence-corrected chi connectivity index (χ2v) is 7.90. The molecule has 0 spiro atoms. The van der Waals surface area contributed by atoms with Crippen molar-refractivity contribution < 1.29 is 10.3 Å². The van der Waals surface area contributed by atoms with Gasteiger partial charge in [-0.2, -0.15) is 0 Å². The number of benzene rings is 2. The normalized spacial score (nSPS) is 12.8. The van der Waals surface area contributed by atoms with Gasteiger partial charge in [-0.05, 0) is 60.0 Å². The van der Waals surface area contributed by atoms with Gasteiger partial charge in [-0.1, -0.05) is 50.9 Å². The molecular weight excluding hydrogens is 440 g/mol. The zero-order valence-electron chi connectivity index (χ0n) is 15.3. The molecule has 2 N–H and O–H groups in total. The maximum atomic E-state index is 9.72. The number of oxime groups is 1. The summed E-state index contributed by atoms with van der Waals surface area (Å²) >= 11 is 9.63. The molecule has 4 nitrogen and oxygen atoms in total. The standard InChI is InChI=1S/C22H20BrClN2O2/c1-14-10-18(24)6-7-20(14)21(15-2-4-17(23)5-3-15)12-22(26-28)16-8-9-25-19(11-16)13-27/h2-11,21,27-28H,12-13H2,1H3/t21-/m1/s1. The molecule has 0 aliphatic heterocycles. The Morgan fingerprint density at radius 3 is 2.54 bits per heavy atom. The molecule has 0 fully saturated rings. The lowest BCUT2D eigenvalue weighted by Crippen LogP contribution is -2.12. The van der Waals surface area contributed by atoms with Crippen LogP contribution in [0.25, 0.3) is 0 Å². The predicted molar refractivity (Wildman–Crippen MR) is 115 cm³/mol. The molecule has 0 radical (unpaired) electrons. The highest BCUT2D eigenvalue weighted by Gasteiger charge is 2.21. The molecule has 1 aromatic heterocycles. The molecule has 1 atom stereocenters. The highest BCUT2D eigenvalue weighted by atomic mass is 79.9. The molecule has 0 saturated heterocycles. The van der Waals surface area contributed by atoms with Gasteiger partial charge in [0.15, 0.2) is 0 Å². The van der Waals surface area contributed by atoms with Crippen LogP contribution in [0.5, 0.6) is 0 Å². The third kappa shape index (κ3) is 4.79. The van der Waals surface area contributed by atoms with Crippen LogP contribution in [0.1, 0.15) is 40.3 Å². The van der Waals surface area contributed by atoms with Crippen molar-refractivity contribution in [3.63, 3.8) is 0 Å². The number of hydrogen-bond donors (Lipinski definition) is 2. The summed E-state index contributed by atoms with van der Waals surface area (Å²) in [5, 5.41) is 23.3. The quantitative estimate of drug-likeness (QED) is 0.282. The maximum absolute atomic E-state index is 9.72. The fourth-order valence-electron chi connectivity index (χ4n) is 3.29. The summed E-state index contributed by atoms with van der Waals surface area (Å²) in [6.45, 7) is 1.86. The smallest absolute Gasteiger partial charge is 0.0878 e. The van der Waals surface area contributed by atoms with E-state index in [0.29, 0.717) is 22.8 Å². The second-order valence-electron chi connectivity index (χ2n) is 6.55. The van der Waals surface area contributed by atoms with Gasteiger partial charge in [-0.25, -0.2) is 0 Å². The summed E-state index contributed by atoms with van der Waals surface area (Å²) in [6.07, 6.45) is 2.09. The van der Waals surface area contributed by atoms with E-state index in [1.54, 1.807) is 18.3 Å². The first-order valence-corrected chi connectivity index (χ1v) is 9.97. The third-order valence-corrected chi connectivity index (χ3v) is 5.47. The summed E-state index contributed by atoms with van der Waals surface area (Å²) in [6, 6.07) is 17.5. The fraction of sp³-hybridized carbons (Fsp3) is 0.182. The van der Waals surface area contributed by atoms with E-state index in [1.807, 2.05) is 37.3 Å². The lowest BCUT2D eigenvalue weighted by molar-refractivity contribution is 0.277. The Bertz CT molecular complexity index is 990. The Morgan fingerprint density at radius 2 is 1.89 bits per heavy atom. The number of halogens is 2. The highest BCUT2D eigenvalue weighted by molar-refractivity contribution is 9.10. The second kappa shape index (κ2) is 9.32. The number of rotatable bonds is 6. The van der Waals surface area contributed by atoms with Gasteiger partial charge in [-0.3, -0.25) is 4.98 Å². The Labute approximate surface area is 177 Å². The Hall–Kier alpha value is -2.21. The van der Waals surface area contributed by atoms with Crippen LogP contribution in [-0.4, -0.2) is 21.0 Å². The molecule has 3 aromatic rings. The minimum Gasteiger partial charge on any atom is -0.411 e. The minimum atomic E-state index is -0.168. The first-order chi connectivity index (χ1) is 13.5. The number of nitrogens with zero attached hydrogens (tertiary/aromatic N) is 2. The van der Waals surface area contributed by atoms with Crippen LogP contribution in [0, 0.1) is 6.92 Å². The largest absolute Gasteiger partial charge is 0.411 e. The van der Waals surface area contributed by atoms with Crippen LogP contribution in [-0.2, 0) is 6.61 Å². The first-order valence-electron chi connectivity index (χ1n) is 8.80. The molecule has 0 aliphatic rings. The molecule has 0 aliphatic carbocycles. The van der Waals surface area contributed by atoms with E-state index in [1.165, 1.54) is 0 Å². The predicted octanol–water partition coefficient (Wildman–Crippen LogP) is 5.70.